The Balaban J connectivity index is 0.000000176. The van der Waals surface area contributed by atoms with Crippen LogP contribution in [0.2, 0.25) is 0 Å². The summed E-state index contributed by atoms with van der Waals surface area (Å²) in [5.41, 5.74) is 8.31. The summed E-state index contributed by atoms with van der Waals surface area (Å²) in [6.45, 7) is 1.61. The standard InChI is InChI=1S/C13H13NO2.C11H12N2O2/c14-12(13(15)16)8-9-5-6-10-3-1-2-4-11(10)7-9;1-7(11(14)15)13-9-2-3-10-8(6-9)4-5-12-10/h1-7,12H,8,14H2,(H,15,16);2-7,12-13H,1H3,(H,14,15)/t12-;7-/m00/s1. The first kappa shape index (κ1) is 21.9. The largest absolute Gasteiger partial charge is 0.480 e. The summed E-state index contributed by atoms with van der Waals surface area (Å²) in [5, 5.41) is 23.7. The Bertz CT molecular complexity index is 1200. The van der Waals surface area contributed by atoms with Crippen LogP contribution < -0.4 is 11.1 Å². The lowest BCUT2D eigenvalue weighted by Gasteiger charge is -2.10. The summed E-state index contributed by atoms with van der Waals surface area (Å²) in [4.78, 5) is 24.4. The van der Waals surface area contributed by atoms with E-state index in [0.29, 0.717) is 6.42 Å². The number of H-pyrrole nitrogens is 1. The molecule has 7 heteroatoms. The normalized spacial score (nSPS) is 12.6. The van der Waals surface area contributed by atoms with Crippen molar-refractivity contribution in [1.82, 2.24) is 4.98 Å². The van der Waals surface area contributed by atoms with Crippen molar-refractivity contribution in [3.63, 3.8) is 0 Å². The highest BCUT2D eigenvalue weighted by atomic mass is 16.4. The molecule has 7 nitrogen and oxygen atoms in total. The second-order valence-corrected chi connectivity index (χ2v) is 7.31. The average Bonchev–Trinajstić information content (AvgIpc) is 3.22. The van der Waals surface area contributed by atoms with Crippen molar-refractivity contribution in [3.05, 3.63) is 78.5 Å². The van der Waals surface area contributed by atoms with E-state index >= 15 is 0 Å². The molecule has 0 amide bonds. The number of nitrogens with one attached hydrogen (secondary N) is 2. The van der Waals surface area contributed by atoms with E-state index in [-0.39, 0.29) is 0 Å². The van der Waals surface area contributed by atoms with E-state index in [1.807, 2.05) is 72.9 Å². The molecule has 0 saturated heterocycles. The van der Waals surface area contributed by atoms with Gasteiger partial charge in [0, 0.05) is 22.8 Å². The fourth-order valence-corrected chi connectivity index (χ4v) is 3.16. The Labute approximate surface area is 179 Å². The van der Waals surface area contributed by atoms with Crippen molar-refractivity contribution < 1.29 is 19.8 Å². The zero-order valence-corrected chi connectivity index (χ0v) is 17.1. The highest BCUT2D eigenvalue weighted by molar-refractivity contribution is 5.85. The van der Waals surface area contributed by atoms with Gasteiger partial charge >= 0.3 is 11.9 Å². The number of aliphatic carboxylic acids is 2. The van der Waals surface area contributed by atoms with Gasteiger partial charge in [0.25, 0.3) is 0 Å². The molecule has 160 valence electrons. The van der Waals surface area contributed by atoms with Crippen molar-refractivity contribution in [2.75, 3.05) is 5.32 Å². The van der Waals surface area contributed by atoms with Gasteiger partial charge in [0.1, 0.15) is 12.1 Å². The van der Waals surface area contributed by atoms with Gasteiger partial charge in [-0.1, -0.05) is 42.5 Å². The van der Waals surface area contributed by atoms with Crippen molar-refractivity contribution in [2.45, 2.75) is 25.4 Å². The molecule has 0 fully saturated rings. The molecule has 6 N–H and O–H groups in total. The molecular formula is C24H25N3O4. The number of carbonyl (C=O) groups is 2. The molecule has 31 heavy (non-hydrogen) atoms. The molecule has 0 aliphatic carbocycles. The smallest absolute Gasteiger partial charge is 0.325 e. The molecule has 0 radical (unpaired) electrons. The Hall–Kier alpha value is -3.84. The minimum absolute atomic E-state index is 0.361. The second kappa shape index (κ2) is 9.77. The van der Waals surface area contributed by atoms with E-state index in [0.717, 1.165) is 32.9 Å². The third kappa shape index (κ3) is 5.83. The molecule has 1 aromatic heterocycles. The highest BCUT2D eigenvalue weighted by Crippen LogP contribution is 2.18. The zero-order chi connectivity index (χ0) is 22.4. The van der Waals surface area contributed by atoms with E-state index in [1.54, 1.807) is 6.92 Å². The van der Waals surface area contributed by atoms with Gasteiger partial charge < -0.3 is 26.2 Å². The monoisotopic (exact) mass is 419 g/mol. The third-order valence-electron chi connectivity index (χ3n) is 4.89. The number of anilines is 1. The minimum Gasteiger partial charge on any atom is -0.480 e. The van der Waals surface area contributed by atoms with Gasteiger partial charge in [0.15, 0.2) is 0 Å². The Morgan fingerprint density at radius 2 is 1.68 bits per heavy atom. The summed E-state index contributed by atoms with van der Waals surface area (Å²) < 4.78 is 0. The number of fused-ring (bicyclic) bond motifs is 2. The number of nitrogens with two attached hydrogens (primary N) is 1. The molecule has 3 aromatic carbocycles. The molecule has 0 aliphatic heterocycles. The number of carboxylic acids is 2. The van der Waals surface area contributed by atoms with Crippen molar-refractivity contribution in [1.29, 1.82) is 0 Å². The van der Waals surface area contributed by atoms with E-state index in [4.69, 9.17) is 15.9 Å². The SMILES string of the molecule is C[C@H](Nc1ccc2[nH]ccc2c1)C(=O)O.N[C@@H](Cc1ccc2ccccc2c1)C(=O)O. The quantitative estimate of drug-likeness (QED) is 0.323. The first-order valence-electron chi connectivity index (χ1n) is 9.86. The maximum absolute atomic E-state index is 10.6. The molecule has 0 saturated carbocycles. The lowest BCUT2D eigenvalue weighted by atomic mass is 10.0. The van der Waals surface area contributed by atoms with Crippen LogP contribution in [-0.4, -0.2) is 39.2 Å². The van der Waals surface area contributed by atoms with Gasteiger partial charge in [0.2, 0.25) is 0 Å². The highest BCUT2D eigenvalue weighted by Gasteiger charge is 2.12. The molecule has 1 heterocycles. The van der Waals surface area contributed by atoms with Gasteiger partial charge in [-0.25, -0.2) is 0 Å². The number of carboxylic acid groups (broad SMARTS) is 2. The number of benzene rings is 3. The number of rotatable bonds is 6. The Kier molecular flexibility index (Phi) is 6.89. The van der Waals surface area contributed by atoms with Crippen LogP contribution in [0.4, 0.5) is 5.69 Å². The predicted molar refractivity (Wildman–Crippen MR) is 122 cm³/mol. The number of aromatic nitrogens is 1. The van der Waals surface area contributed by atoms with Crippen LogP contribution >= 0.6 is 0 Å². The van der Waals surface area contributed by atoms with Gasteiger partial charge in [-0.05, 0) is 53.9 Å². The number of hydrogen-bond donors (Lipinski definition) is 5. The van der Waals surface area contributed by atoms with Crippen LogP contribution in [0.3, 0.4) is 0 Å². The number of aromatic amines is 1. The molecule has 4 aromatic rings. The molecule has 0 spiro atoms. The van der Waals surface area contributed by atoms with Gasteiger partial charge in [-0.2, -0.15) is 0 Å². The summed E-state index contributed by atoms with van der Waals surface area (Å²) in [6.07, 6.45) is 2.22. The van der Waals surface area contributed by atoms with Crippen LogP contribution in [-0.2, 0) is 16.0 Å². The second-order valence-electron chi connectivity index (χ2n) is 7.31. The Morgan fingerprint density at radius 3 is 2.39 bits per heavy atom. The number of hydrogen-bond acceptors (Lipinski definition) is 4. The summed E-state index contributed by atoms with van der Waals surface area (Å²) >= 11 is 0. The van der Waals surface area contributed by atoms with Crippen LogP contribution in [0.15, 0.2) is 72.9 Å². The van der Waals surface area contributed by atoms with Crippen molar-refractivity contribution in [2.24, 2.45) is 5.73 Å². The first-order chi connectivity index (χ1) is 14.8. The minimum atomic E-state index is -0.965. The van der Waals surface area contributed by atoms with E-state index in [1.165, 1.54) is 0 Å². The molecule has 0 aliphatic rings. The van der Waals surface area contributed by atoms with Gasteiger partial charge in [-0.3, -0.25) is 9.59 Å². The zero-order valence-electron chi connectivity index (χ0n) is 17.1. The lowest BCUT2D eigenvalue weighted by molar-refractivity contribution is -0.139. The third-order valence-corrected chi connectivity index (χ3v) is 4.89. The van der Waals surface area contributed by atoms with Gasteiger partial charge in [-0.15, -0.1) is 0 Å². The molecule has 0 unspecified atom stereocenters. The van der Waals surface area contributed by atoms with Crippen LogP contribution in [0.25, 0.3) is 21.7 Å². The fraction of sp³-hybridized carbons (Fsp3) is 0.167. The maximum Gasteiger partial charge on any atom is 0.325 e. The molecular weight excluding hydrogens is 394 g/mol. The maximum atomic E-state index is 10.6. The van der Waals surface area contributed by atoms with Crippen LogP contribution in [0.5, 0.6) is 0 Å². The fourth-order valence-electron chi connectivity index (χ4n) is 3.16. The molecule has 0 bridgehead atoms. The van der Waals surface area contributed by atoms with E-state index in [2.05, 4.69) is 10.3 Å². The predicted octanol–water partition coefficient (Wildman–Crippen LogP) is 3.85. The van der Waals surface area contributed by atoms with Crippen LogP contribution in [0, 0.1) is 0 Å². The summed E-state index contributed by atoms with van der Waals surface area (Å²) in [5.74, 6) is -1.82. The van der Waals surface area contributed by atoms with Crippen LogP contribution in [0.1, 0.15) is 12.5 Å². The topological polar surface area (TPSA) is 128 Å². The van der Waals surface area contributed by atoms with Gasteiger partial charge in [0.05, 0.1) is 0 Å². The molecule has 4 rings (SSSR count). The van der Waals surface area contributed by atoms with E-state index < -0.39 is 24.0 Å². The summed E-state index contributed by atoms with van der Waals surface area (Å²) in [7, 11) is 0. The Morgan fingerprint density at radius 1 is 0.935 bits per heavy atom. The summed E-state index contributed by atoms with van der Waals surface area (Å²) in [6, 6.07) is 20.1. The van der Waals surface area contributed by atoms with E-state index in [9.17, 15) is 9.59 Å². The average molecular weight is 419 g/mol. The van der Waals surface area contributed by atoms with Crippen molar-refractivity contribution >= 4 is 39.3 Å². The van der Waals surface area contributed by atoms with Crippen molar-refractivity contribution in [3.8, 4) is 0 Å². The molecule has 2 atom stereocenters. The lowest BCUT2D eigenvalue weighted by Crippen LogP contribution is -2.32. The first-order valence-corrected chi connectivity index (χ1v) is 9.86.